The summed E-state index contributed by atoms with van der Waals surface area (Å²) >= 11 is 0. The standard InChI is InChI=1S/C20H24O3/c1-3-4-5-6-14(2)19-13-17(21)11-12-18(19)15-7-9-16(10-8-15)20(22)23/h7-14,21H,3-6H2,1-2H3,(H,22,23)/t14-/m1/s1. The van der Waals surface area contributed by atoms with Gasteiger partial charge in [-0.2, -0.15) is 0 Å². The first-order valence-electron chi connectivity index (χ1n) is 8.19. The van der Waals surface area contributed by atoms with Crippen molar-refractivity contribution in [3.05, 3.63) is 53.6 Å². The number of unbranched alkanes of at least 4 members (excludes halogenated alkanes) is 2. The van der Waals surface area contributed by atoms with Gasteiger partial charge in [-0.1, -0.05) is 51.3 Å². The Morgan fingerprint density at radius 3 is 2.39 bits per heavy atom. The van der Waals surface area contributed by atoms with Crippen molar-refractivity contribution < 1.29 is 15.0 Å². The lowest BCUT2D eigenvalue weighted by Gasteiger charge is -2.17. The highest BCUT2D eigenvalue weighted by molar-refractivity contribution is 5.88. The van der Waals surface area contributed by atoms with E-state index in [9.17, 15) is 9.90 Å². The Labute approximate surface area is 137 Å². The molecule has 122 valence electrons. The second kappa shape index (κ2) is 7.82. The summed E-state index contributed by atoms with van der Waals surface area (Å²) in [6, 6.07) is 12.3. The molecule has 0 aliphatic heterocycles. The van der Waals surface area contributed by atoms with Crippen LogP contribution in [0.15, 0.2) is 42.5 Å². The van der Waals surface area contributed by atoms with Crippen molar-refractivity contribution in [3.8, 4) is 16.9 Å². The Hall–Kier alpha value is -2.29. The van der Waals surface area contributed by atoms with Crippen LogP contribution >= 0.6 is 0 Å². The van der Waals surface area contributed by atoms with Crippen molar-refractivity contribution in [1.29, 1.82) is 0 Å². The number of hydrogen-bond acceptors (Lipinski definition) is 2. The van der Waals surface area contributed by atoms with Gasteiger partial charge in [0.2, 0.25) is 0 Å². The molecule has 23 heavy (non-hydrogen) atoms. The molecule has 3 heteroatoms. The maximum absolute atomic E-state index is 11.0. The Kier molecular flexibility index (Phi) is 5.80. The van der Waals surface area contributed by atoms with E-state index < -0.39 is 5.97 Å². The van der Waals surface area contributed by atoms with Crippen molar-refractivity contribution in [2.24, 2.45) is 0 Å². The molecule has 0 fully saturated rings. The third-order valence-electron chi connectivity index (χ3n) is 4.25. The molecule has 0 saturated heterocycles. The molecule has 1 atom stereocenters. The fourth-order valence-electron chi connectivity index (χ4n) is 2.87. The van der Waals surface area contributed by atoms with E-state index in [0.29, 0.717) is 5.92 Å². The summed E-state index contributed by atoms with van der Waals surface area (Å²) in [5.74, 6) is -0.300. The third-order valence-corrected chi connectivity index (χ3v) is 4.25. The van der Waals surface area contributed by atoms with Gasteiger partial charge in [-0.25, -0.2) is 4.79 Å². The predicted octanol–water partition coefficient (Wildman–Crippen LogP) is 5.44. The first-order chi connectivity index (χ1) is 11.0. The van der Waals surface area contributed by atoms with Crippen LogP contribution in [0.3, 0.4) is 0 Å². The molecule has 0 heterocycles. The van der Waals surface area contributed by atoms with E-state index in [0.717, 1.165) is 23.1 Å². The summed E-state index contributed by atoms with van der Waals surface area (Å²) in [6.07, 6.45) is 4.66. The van der Waals surface area contributed by atoms with Gasteiger partial charge < -0.3 is 10.2 Å². The number of phenols is 1. The third kappa shape index (κ3) is 4.35. The molecule has 0 saturated carbocycles. The number of rotatable bonds is 7. The second-order valence-corrected chi connectivity index (χ2v) is 6.05. The van der Waals surface area contributed by atoms with Crippen molar-refractivity contribution in [2.75, 3.05) is 0 Å². The smallest absolute Gasteiger partial charge is 0.335 e. The number of carboxylic acids is 1. The van der Waals surface area contributed by atoms with E-state index >= 15 is 0 Å². The summed E-state index contributed by atoms with van der Waals surface area (Å²) < 4.78 is 0. The molecule has 2 aromatic carbocycles. The zero-order valence-electron chi connectivity index (χ0n) is 13.7. The Morgan fingerprint density at radius 2 is 1.78 bits per heavy atom. The van der Waals surface area contributed by atoms with E-state index in [1.165, 1.54) is 19.3 Å². The molecular formula is C20H24O3. The lowest BCUT2D eigenvalue weighted by Crippen LogP contribution is -1.98. The zero-order valence-corrected chi connectivity index (χ0v) is 13.7. The average Bonchev–Trinajstić information content (AvgIpc) is 2.55. The summed E-state index contributed by atoms with van der Waals surface area (Å²) in [6.45, 7) is 4.37. The van der Waals surface area contributed by atoms with Crippen LogP contribution in [0.1, 0.15) is 61.4 Å². The molecule has 0 aromatic heterocycles. The highest BCUT2D eigenvalue weighted by Crippen LogP contribution is 2.34. The Morgan fingerprint density at radius 1 is 1.09 bits per heavy atom. The minimum Gasteiger partial charge on any atom is -0.508 e. The van der Waals surface area contributed by atoms with Crippen LogP contribution < -0.4 is 0 Å². The van der Waals surface area contributed by atoms with Crippen LogP contribution in [0.25, 0.3) is 11.1 Å². The number of phenolic OH excluding ortho intramolecular Hbond substituents is 1. The molecule has 0 amide bonds. The van der Waals surface area contributed by atoms with Crippen LogP contribution in [0.4, 0.5) is 0 Å². The van der Waals surface area contributed by atoms with Gasteiger partial charge in [-0.05, 0) is 53.3 Å². The van der Waals surface area contributed by atoms with Gasteiger partial charge in [0, 0.05) is 0 Å². The lowest BCUT2D eigenvalue weighted by atomic mass is 9.88. The van der Waals surface area contributed by atoms with E-state index in [1.807, 2.05) is 24.3 Å². The number of carbonyl (C=O) groups is 1. The van der Waals surface area contributed by atoms with Gasteiger partial charge in [0.15, 0.2) is 0 Å². The fraction of sp³-hybridized carbons (Fsp3) is 0.350. The molecule has 2 rings (SSSR count). The maximum atomic E-state index is 11.0. The van der Waals surface area contributed by atoms with Crippen LogP contribution in [0.5, 0.6) is 5.75 Å². The first kappa shape index (κ1) is 17.1. The predicted molar refractivity (Wildman–Crippen MR) is 93.1 cm³/mol. The van der Waals surface area contributed by atoms with Gasteiger partial charge in [0.05, 0.1) is 5.56 Å². The molecule has 0 unspecified atom stereocenters. The Bertz CT molecular complexity index is 659. The summed E-state index contributed by atoms with van der Waals surface area (Å²) in [4.78, 5) is 11.0. The number of carboxylic acid groups (broad SMARTS) is 1. The van der Waals surface area contributed by atoms with Gasteiger partial charge in [-0.15, -0.1) is 0 Å². The highest BCUT2D eigenvalue weighted by Gasteiger charge is 2.13. The average molecular weight is 312 g/mol. The summed E-state index contributed by atoms with van der Waals surface area (Å²) in [5.41, 5.74) is 3.44. The zero-order chi connectivity index (χ0) is 16.8. The van der Waals surface area contributed by atoms with Crippen molar-refractivity contribution in [1.82, 2.24) is 0 Å². The fourth-order valence-corrected chi connectivity index (χ4v) is 2.87. The van der Waals surface area contributed by atoms with Crippen LogP contribution in [0, 0.1) is 0 Å². The van der Waals surface area contributed by atoms with Gasteiger partial charge in [-0.3, -0.25) is 0 Å². The monoisotopic (exact) mass is 312 g/mol. The first-order valence-corrected chi connectivity index (χ1v) is 8.19. The maximum Gasteiger partial charge on any atom is 0.335 e. The number of hydrogen-bond donors (Lipinski definition) is 2. The van der Waals surface area contributed by atoms with Crippen LogP contribution in [-0.4, -0.2) is 16.2 Å². The second-order valence-electron chi connectivity index (χ2n) is 6.05. The molecular weight excluding hydrogens is 288 g/mol. The minimum absolute atomic E-state index is 0.272. The SMILES string of the molecule is CCCCC[C@@H](C)c1cc(O)ccc1-c1ccc(C(=O)O)cc1. The van der Waals surface area contributed by atoms with Crippen molar-refractivity contribution in [2.45, 2.75) is 45.4 Å². The van der Waals surface area contributed by atoms with Crippen LogP contribution in [0.2, 0.25) is 0 Å². The van der Waals surface area contributed by atoms with E-state index in [2.05, 4.69) is 13.8 Å². The van der Waals surface area contributed by atoms with Gasteiger partial charge in [0.1, 0.15) is 5.75 Å². The number of benzene rings is 2. The highest BCUT2D eigenvalue weighted by atomic mass is 16.4. The lowest BCUT2D eigenvalue weighted by molar-refractivity contribution is 0.0697. The normalized spacial score (nSPS) is 12.1. The molecule has 2 N–H and O–H groups in total. The van der Waals surface area contributed by atoms with E-state index in [4.69, 9.17) is 5.11 Å². The minimum atomic E-state index is -0.921. The van der Waals surface area contributed by atoms with Gasteiger partial charge in [0.25, 0.3) is 0 Å². The molecule has 0 bridgehead atoms. The molecule has 0 radical (unpaired) electrons. The largest absolute Gasteiger partial charge is 0.508 e. The molecule has 0 aliphatic carbocycles. The Balaban J connectivity index is 2.32. The van der Waals surface area contributed by atoms with Crippen LogP contribution in [-0.2, 0) is 0 Å². The van der Waals surface area contributed by atoms with E-state index in [1.54, 1.807) is 18.2 Å². The molecule has 0 aliphatic rings. The topological polar surface area (TPSA) is 57.5 Å². The molecule has 2 aromatic rings. The number of aromatic carboxylic acids is 1. The quantitative estimate of drug-likeness (QED) is 0.669. The van der Waals surface area contributed by atoms with Crippen molar-refractivity contribution in [3.63, 3.8) is 0 Å². The summed E-state index contributed by atoms with van der Waals surface area (Å²) in [5, 5.41) is 18.9. The number of aromatic hydroxyl groups is 1. The van der Waals surface area contributed by atoms with Gasteiger partial charge >= 0.3 is 5.97 Å². The van der Waals surface area contributed by atoms with E-state index in [-0.39, 0.29) is 11.3 Å². The van der Waals surface area contributed by atoms with Crippen molar-refractivity contribution >= 4 is 5.97 Å². The molecule has 0 spiro atoms. The molecule has 3 nitrogen and oxygen atoms in total. The summed E-state index contributed by atoms with van der Waals surface area (Å²) in [7, 11) is 0.